The smallest absolute Gasteiger partial charge is 0.418 e. The number of amides is 2. The highest BCUT2D eigenvalue weighted by atomic mass is 35.5. The molecular formula is C23H23ClF3N3O3. The van der Waals surface area contributed by atoms with E-state index in [-0.39, 0.29) is 29.7 Å². The standard InChI is InChI=1S/C23H23ClF3N3O3/c24-15-8-9-17(16(12-15)23(25,26)27)28-21(31)14-30-13-20(22(32)29-10-4-1-5-11-29)33-19-7-3-2-6-18(19)30/h2-3,6-9,12,20H,1,4-5,10-11,13-14H2,(H,28,31). The van der Waals surface area contributed by atoms with E-state index in [9.17, 15) is 22.8 Å². The van der Waals surface area contributed by atoms with E-state index in [1.165, 1.54) is 6.07 Å². The Morgan fingerprint density at radius 3 is 2.55 bits per heavy atom. The predicted octanol–water partition coefficient (Wildman–Crippen LogP) is 4.58. The Bertz CT molecular complexity index is 1040. The maximum absolute atomic E-state index is 13.4. The summed E-state index contributed by atoms with van der Waals surface area (Å²) in [6.45, 7) is 1.20. The van der Waals surface area contributed by atoms with Gasteiger partial charge in [0.25, 0.3) is 5.91 Å². The molecule has 2 amide bonds. The molecular weight excluding hydrogens is 459 g/mol. The van der Waals surface area contributed by atoms with Gasteiger partial charge < -0.3 is 19.9 Å². The monoisotopic (exact) mass is 481 g/mol. The van der Waals surface area contributed by atoms with Gasteiger partial charge in [0.15, 0.2) is 6.10 Å². The van der Waals surface area contributed by atoms with E-state index in [0.717, 1.165) is 31.4 Å². The lowest BCUT2D eigenvalue weighted by Gasteiger charge is -2.38. The molecule has 1 saturated heterocycles. The van der Waals surface area contributed by atoms with Gasteiger partial charge in [-0.1, -0.05) is 23.7 Å². The maximum atomic E-state index is 13.4. The van der Waals surface area contributed by atoms with E-state index >= 15 is 0 Å². The Morgan fingerprint density at radius 2 is 1.82 bits per heavy atom. The Labute approximate surface area is 194 Å². The molecule has 2 aromatic carbocycles. The molecule has 6 nitrogen and oxygen atoms in total. The van der Waals surface area contributed by atoms with Gasteiger partial charge in [0.05, 0.1) is 30.0 Å². The molecule has 0 aliphatic carbocycles. The fraction of sp³-hybridized carbons (Fsp3) is 0.391. The molecule has 0 spiro atoms. The van der Waals surface area contributed by atoms with Crippen LogP contribution in [0.4, 0.5) is 24.5 Å². The molecule has 1 atom stereocenters. The van der Waals surface area contributed by atoms with Crippen molar-refractivity contribution in [2.24, 2.45) is 0 Å². The molecule has 0 bridgehead atoms. The summed E-state index contributed by atoms with van der Waals surface area (Å²) < 4.78 is 46.0. The van der Waals surface area contributed by atoms with Crippen LogP contribution in [0.3, 0.4) is 0 Å². The number of para-hydroxylation sites is 2. The third-order valence-corrected chi connectivity index (χ3v) is 5.94. The summed E-state index contributed by atoms with van der Waals surface area (Å²) in [7, 11) is 0. The zero-order valence-corrected chi connectivity index (χ0v) is 18.5. The van der Waals surface area contributed by atoms with Crippen molar-refractivity contribution in [3.05, 3.63) is 53.1 Å². The van der Waals surface area contributed by atoms with Crippen LogP contribution in [0.25, 0.3) is 0 Å². The second-order valence-electron chi connectivity index (χ2n) is 8.08. The van der Waals surface area contributed by atoms with Crippen molar-refractivity contribution in [1.29, 1.82) is 0 Å². The number of anilines is 2. The van der Waals surface area contributed by atoms with Crippen molar-refractivity contribution in [3.8, 4) is 5.75 Å². The van der Waals surface area contributed by atoms with Crippen molar-refractivity contribution >= 4 is 34.8 Å². The van der Waals surface area contributed by atoms with Crippen LogP contribution in [0, 0.1) is 0 Å². The molecule has 176 valence electrons. The minimum atomic E-state index is -4.68. The third kappa shape index (κ3) is 5.35. The van der Waals surface area contributed by atoms with Crippen LogP contribution in [-0.2, 0) is 15.8 Å². The summed E-state index contributed by atoms with van der Waals surface area (Å²) >= 11 is 5.71. The van der Waals surface area contributed by atoms with Crippen LogP contribution in [0.2, 0.25) is 5.02 Å². The van der Waals surface area contributed by atoms with E-state index in [0.29, 0.717) is 24.5 Å². The number of rotatable bonds is 4. The van der Waals surface area contributed by atoms with Crippen LogP contribution in [0.5, 0.6) is 5.75 Å². The SMILES string of the molecule is O=C(CN1CC(C(=O)N2CCCCC2)Oc2ccccc21)Nc1ccc(Cl)cc1C(F)(F)F. The van der Waals surface area contributed by atoms with Gasteiger partial charge in [0.2, 0.25) is 5.91 Å². The lowest BCUT2D eigenvalue weighted by Crippen LogP contribution is -2.52. The molecule has 2 aliphatic rings. The van der Waals surface area contributed by atoms with Crippen LogP contribution >= 0.6 is 11.6 Å². The fourth-order valence-electron chi connectivity index (χ4n) is 4.13. The Morgan fingerprint density at radius 1 is 1.09 bits per heavy atom. The van der Waals surface area contributed by atoms with Gasteiger partial charge in [-0.2, -0.15) is 13.2 Å². The van der Waals surface area contributed by atoms with Crippen molar-refractivity contribution in [2.75, 3.05) is 36.4 Å². The van der Waals surface area contributed by atoms with Crippen LogP contribution in [-0.4, -0.2) is 49.0 Å². The van der Waals surface area contributed by atoms with Crippen LogP contribution < -0.4 is 15.0 Å². The normalized spacial score (nSPS) is 18.4. The summed E-state index contributed by atoms with van der Waals surface area (Å²) in [4.78, 5) is 29.2. The van der Waals surface area contributed by atoms with Crippen molar-refractivity contribution in [2.45, 2.75) is 31.5 Å². The largest absolute Gasteiger partial charge is 0.477 e. The number of nitrogens with zero attached hydrogens (tertiary/aromatic N) is 2. The first-order valence-corrected chi connectivity index (χ1v) is 11.1. The van der Waals surface area contributed by atoms with E-state index in [4.69, 9.17) is 16.3 Å². The molecule has 1 N–H and O–H groups in total. The number of carbonyl (C=O) groups is 2. The molecule has 10 heteroatoms. The van der Waals surface area contributed by atoms with Gasteiger partial charge in [-0.3, -0.25) is 9.59 Å². The number of carbonyl (C=O) groups excluding carboxylic acids is 2. The molecule has 0 radical (unpaired) electrons. The van der Waals surface area contributed by atoms with E-state index < -0.39 is 23.8 Å². The van der Waals surface area contributed by atoms with E-state index in [1.54, 1.807) is 34.1 Å². The summed E-state index contributed by atoms with van der Waals surface area (Å²) in [5.74, 6) is -0.343. The number of piperidine rings is 1. The average Bonchev–Trinajstić information content (AvgIpc) is 2.79. The van der Waals surface area contributed by atoms with Gasteiger partial charge in [-0.15, -0.1) is 0 Å². The number of alkyl halides is 3. The second kappa shape index (κ2) is 9.51. The van der Waals surface area contributed by atoms with Crippen LogP contribution in [0.15, 0.2) is 42.5 Å². The van der Waals surface area contributed by atoms with E-state index in [1.807, 2.05) is 0 Å². The second-order valence-corrected chi connectivity index (χ2v) is 8.51. The first-order valence-electron chi connectivity index (χ1n) is 10.7. The van der Waals surface area contributed by atoms with Gasteiger partial charge in [0.1, 0.15) is 5.75 Å². The highest BCUT2D eigenvalue weighted by Crippen LogP contribution is 2.37. The number of ether oxygens (including phenoxy) is 1. The Hall–Kier alpha value is -2.94. The molecule has 1 fully saturated rings. The molecule has 2 heterocycles. The van der Waals surface area contributed by atoms with E-state index in [2.05, 4.69) is 5.32 Å². The molecule has 0 aromatic heterocycles. The predicted molar refractivity (Wildman–Crippen MR) is 119 cm³/mol. The molecule has 1 unspecified atom stereocenters. The highest BCUT2D eigenvalue weighted by molar-refractivity contribution is 6.30. The van der Waals surface area contributed by atoms with Gasteiger partial charge >= 0.3 is 6.18 Å². The topological polar surface area (TPSA) is 61.9 Å². The number of likely N-dealkylation sites (tertiary alicyclic amines) is 1. The third-order valence-electron chi connectivity index (χ3n) is 5.70. The van der Waals surface area contributed by atoms with Gasteiger partial charge in [-0.05, 0) is 49.6 Å². The summed E-state index contributed by atoms with van der Waals surface area (Å²) in [5, 5.41) is 2.25. The maximum Gasteiger partial charge on any atom is 0.418 e. The average molecular weight is 482 g/mol. The molecule has 2 aliphatic heterocycles. The number of halogens is 4. The Balaban J connectivity index is 1.52. The number of hydrogen-bond donors (Lipinski definition) is 1. The molecule has 4 rings (SSSR count). The van der Waals surface area contributed by atoms with Crippen molar-refractivity contribution in [1.82, 2.24) is 4.90 Å². The lowest BCUT2D eigenvalue weighted by atomic mass is 10.1. The number of nitrogens with one attached hydrogen (secondary N) is 1. The molecule has 2 aromatic rings. The number of benzene rings is 2. The van der Waals surface area contributed by atoms with Gasteiger partial charge in [-0.25, -0.2) is 0 Å². The van der Waals surface area contributed by atoms with Crippen molar-refractivity contribution in [3.63, 3.8) is 0 Å². The molecule has 0 saturated carbocycles. The van der Waals surface area contributed by atoms with Crippen LogP contribution in [0.1, 0.15) is 24.8 Å². The summed E-state index contributed by atoms with van der Waals surface area (Å²) in [6.07, 6.45) is -2.53. The molecule has 33 heavy (non-hydrogen) atoms. The summed E-state index contributed by atoms with van der Waals surface area (Å²) in [5.41, 5.74) is -0.800. The minimum Gasteiger partial charge on any atom is -0.477 e. The van der Waals surface area contributed by atoms with Gasteiger partial charge in [0, 0.05) is 18.1 Å². The summed E-state index contributed by atoms with van der Waals surface area (Å²) in [6, 6.07) is 10.1. The zero-order chi connectivity index (χ0) is 23.6. The first kappa shape index (κ1) is 23.2. The highest BCUT2D eigenvalue weighted by Gasteiger charge is 2.36. The first-order chi connectivity index (χ1) is 15.7. The minimum absolute atomic E-state index is 0.0819. The van der Waals surface area contributed by atoms with Crippen molar-refractivity contribution < 1.29 is 27.5 Å². The number of hydrogen-bond acceptors (Lipinski definition) is 4. The fourth-order valence-corrected chi connectivity index (χ4v) is 4.30. The Kier molecular flexibility index (Phi) is 6.69. The quantitative estimate of drug-likeness (QED) is 0.694. The number of fused-ring (bicyclic) bond motifs is 1. The lowest BCUT2D eigenvalue weighted by molar-refractivity contribution is -0.139. The zero-order valence-electron chi connectivity index (χ0n) is 17.7.